The third-order valence-electron chi connectivity index (χ3n) is 4.59. The number of rotatable bonds is 5. The zero-order valence-corrected chi connectivity index (χ0v) is 15.8. The monoisotopic (exact) mass is 385 g/mol. The van der Waals surface area contributed by atoms with Crippen LogP contribution in [0.4, 0.5) is 10.1 Å². The fourth-order valence-electron chi connectivity index (χ4n) is 2.99. The molecular weight excluding hydrogens is 361 g/mol. The Hall–Kier alpha value is -3.13. The molecule has 2 aromatic carbocycles. The maximum absolute atomic E-state index is 13.0. The van der Waals surface area contributed by atoms with Crippen LogP contribution in [0.2, 0.25) is 0 Å². The first-order chi connectivity index (χ1) is 13.5. The second-order valence-corrected chi connectivity index (χ2v) is 6.46. The Kier molecular flexibility index (Phi) is 6.44. The highest BCUT2D eigenvalue weighted by molar-refractivity contribution is 5.84. The number of anilines is 1. The van der Waals surface area contributed by atoms with Crippen molar-refractivity contribution in [3.8, 4) is 5.75 Å². The zero-order valence-electron chi connectivity index (χ0n) is 15.8. The summed E-state index contributed by atoms with van der Waals surface area (Å²) < 4.78 is 18.1. The highest BCUT2D eigenvalue weighted by Gasteiger charge is 2.19. The Morgan fingerprint density at radius 2 is 1.79 bits per heavy atom. The van der Waals surface area contributed by atoms with Gasteiger partial charge in [0.05, 0.1) is 13.7 Å². The van der Waals surface area contributed by atoms with E-state index in [1.807, 2.05) is 29.2 Å². The van der Waals surface area contributed by atoms with E-state index < -0.39 is 0 Å². The van der Waals surface area contributed by atoms with E-state index in [-0.39, 0.29) is 18.3 Å². The topological polar surface area (TPSA) is 75.4 Å². The molecule has 1 saturated heterocycles. The van der Waals surface area contributed by atoms with Crippen LogP contribution in [0.1, 0.15) is 5.56 Å². The first-order valence-electron chi connectivity index (χ1n) is 9.02. The molecule has 0 radical (unpaired) electrons. The van der Waals surface area contributed by atoms with Gasteiger partial charge >= 0.3 is 0 Å². The lowest BCUT2D eigenvalue weighted by Crippen LogP contribution is -2.48. The fraction of sp³-hybridized carbons (Fsp3) is 0.300. The van der Waals surface area contributed by atoms with Crippen molar-refractivity contribution < 1.29 is 14.3 Å². The van der Waals surface area contributed by atoms with Crippen molar-refractivity contribution in [2.45, 2.75) is 6.54 Å². The highest BCUT2D eigenvalue weighted by Crippen LogP contribution is 2.17. The van der Waals surface area contributed by atoms with Crippen molar-refractivity contribution in [1.82, 2.24) is 9.96 Å². The van der Waals surface area contributed by atoms with E-state index in [0.717, 1.165) is 35.2 Å². The molecule has 0 aromatic heterocycles. The molecule has 0 spiro atoms. The van der Waals surface area contributed by atoms with Crippen LogP contribution in [0.15, 0.2) is 53.5 Å². The molecule has 0 atom stereocenters. The molecular formula is C20H24FN5O2. The molecule has 2 N–H and O–H groups in total. The predicted molar refractivity (Wildman–Crippen MR) is 107 cm³/mol. The van der Waals surface area contributed by atoms with E-state index in [0.29, 0.717) is 13.1 Å². The third-order valence-corrected chi connectivity index (χ3v) is 4.59. The molecule has 8 heteroatoms. The van der Waals surface area contributed by atoms with E-state index >= 15 is 0 Å². The Labute approximate surface area is 163 Å². The predicted octanol–water partition coefficient (Wildman–Crippen LogP) is 2.81. The number of piperazine rings is 1. The van der Waals surface area contributed by atoms with E-state index in [4.69, 9.17) is 10.1 Å². The summed E-state index contributed by atoms with van der Waals surface area (Å²) in [5.41, 5.74) is 1.87. The van der Waals surface area contributed by atoms with Gasteiger partial charge in [0.2, 0.25) is 5.96 Å². The summed E-state index contributed by atoms with van der Waals surface area (Å²) in [6, 6.07) is 13.8. The smallest absolute Gasteiger partial charge is 0.219 e. The summed E-state index contributed by atoms with van der Waals surface area (Å²) in [5.74, 6) is 0.609. The van der Waals surface area contributed by atoms with Gasteiger partial charge in [-0.1, -0.05) is 12.1 Å². The second-order valence-electron chi connectivity index (χ2n) is 6.46. The van der Waals surface area contributed by atoms with Crippen molar-refractivity contribution in [2.75, 3.05) is 38.2 Å². The quantitative estimate of drug-likeness (QED) is 0.470. The van der Waals surface area contributed by atoms with Crippen molar-refractivity contribution >= 4 is 18.0 Å². The Morgan fingerprint density at radius 1 is 1.14 bits per heavy atom. The van der Waals surface area contributed by atoms with Crippen molar-refractivity contribution in [1.29, 1.82) is 5.41 Å². The number of guanidine groups is 1. The maximum atomic E-state index is 13.0. The molecule has 2 aromatic rings. The van der Waals surface area contributed by atoms with Gasteiger partial charge in [0.1, 0.15) is 17.9 Å². The summed E-state index contributed by atoms with van der Waals surface area (Å²) in [6.07, 6.45) is 1.25. The number of ether oxygens (including phenoxy) is 1. The van der Waals surface area contributed by atoms with E-state index in [9.17, 15) is 9.60 Å². The van der Waals surface area contributed by atoms with Gasteiger partial charge in [-0.05, 0) is 42.0 Å². The van der Waals surface area contributed by atoms with Crippen LogP contribution in [0, 0.1) is 11.2 Å². The molecule has 0 unspecified atom stereocenters. The minimum Gasteiger partial charge on any atom is -0.497 e. The average molecular weight is 385 g/mol. The first-order valence-corrected chi connectivity index (χ1v) is 9.02. The summed E-state index contributed by atoms with van der Waals surface area (Å²) in [4.78, 5) is 8.05. The zero-order chi connectivity index (χ0) is 19.9. The number of hydroxylamine groups is 2. The van der Waals surface area contributed by atoms with Gasteiger partial charge in [-0.3, -0.25) is 10.6 Å². The molecule has 7 nitrogen and oxygen atoms in total. The van der Waals surface area contributed by atoms with Crippen LogP contribution in [-0.4, -0.2) is 60.8 Å². The lowest BCUT2D eigenvalue weighted by Gasteiger charge is -2.36. The Bertz CT molecular complexity index is 802. The number of halogens is 1. The Balaban J connectivity index is 1.47. The van der Waals surface area contributed by atoms with Crippen LogP contribution in [-0.2, 0) is 6.54 Å². The highest BCUT2D eigenvalue weighted by atomic mass is 19.1. The minimum absolute atomic E-state index is 0.104. The molecule has 1 aliphatic rings. The van der Waals surface area contributed by atoms with Gasteiger partial charge in [0.25, 0.3) is 0 Å². The molecule has 0 amide bonds. The van der Waals surface area contributed by atoms with E-state index in [1.54, 1.807) is 19.2 Å². The molecule has 148 valence electrons. The number of hydrogen-bond acceptors (Lipinski definition) is 4. The molecule has 0 aliphatic carbocycles. The van der Waals surface area contributed by atoms with Crippen LogP contribution in [0.5, 0.6) is 5.75 Å². The normalized spacial score (nSPS) is 14.4. The summed E-state index contributed by atoms with van der Waals surface area (Å²) in [7, 11) is 1.60. The molecule has 3 rings (SSSR count). The SMILES string of the molecule is COc1ccc(CN(O)/C=N\C(=N)N2CCN(c3ccc(F)cc3)CC2)cc1. The van der Waals surface area contributed by atoms with Gasteiger partial charge in [0, 0.05) is 31.9 Å². The Morgan fingerprint density at radius 3 is 2.39 bits per heavy atom. The number of nitrogens with zero attached hydrogens (tertiary/aromatic N) is 4. The summed E-state index contributed by atoms with van der Waals surface area (Å²) in [5, 5.41) is 19.1. The van der Waals surface area contributed by atoms with E-state index in [2.05, 4.69) is 9.89 Å². The second kappa shape index (κ2) is 9.18. The first kappa shape index (κ1) is 19.6. The molecule has 1 aliphatic heterocycles. The summed E-state index contributed by atoms with van der Waals surface area (Å²) >= 11 is 0. The fourth-order valence-corrected chi connectivity index (χ4v) is 2.99. The molecule has 0 saturated carbocycles. The van der Waals surface area contributed by atoms with Gasteiger partial charge in [0.15, 0.2) is 0 Å². The molecule has 28 heavy (non-hydrogen) atoms. The number of methoxy groups -OCH3 is 1. The molecule has 1 fully saturated rings. The third kappa shape index (κ3) is 5.20. The van der Waals surface area contributed by atoms with Gasteiger partial charge in [-0.2, -0.15) is 0 Å². The van der Waals surface area contributed by atoms with Crippen LogP contribution < -0.4 is 9.64 Å². The van der Waals surface area contributed by atoms with Crippen molar-refractivity contribution in [2.24, 2.45) is 4.99 Å². The van der Waals surface area contributed by atoms with Gasteiger partial charge < -0.3 is 14.5 Å². The van der Waals surface area contributed by atoms with E-state index in [1.165, 1.54) is 18.5 Å². The summed E-state index contributed by atoms with van der Waals surface area (Å²) in [6.45, 7) is 2.98. The number of benzene rings is 2. The lowest BCUT2D eigenvalue weighted by molar-refractivity contribution is -0.0164. The van der Waals surface area contributed by atoms with Crippen LogP contribution in [0.25, 0.3) is 0 Å². The molecule has 0 bridgehead atoms. The van der Waals surface area contributed by atoms with Gasteiger partial charge in [-0.25, -0.2) is 14.4 Å². The lowest BCUT2D eigenvalue weighted by atomic mass is 10.2. The minimum atomic E-state index is -0.248. The molecule has 1 heterocycles. The van der Waals surface area contributed by atoms with Crippen molar-refractivity contribution in [3.05, 3.63) is 59.9 Å². The number of nitrogens with one attached hydrogen (secondary N) is 1. The standard InChI is InChI=1S/C20H24FN5O2/c1-28-19-8-2-16(3-9-19)14-26(27)15-23-20(22)25-12-10-24(11-13-25)18-6-4-17(21)5-7-18/h2-9,15,22,27H,10-14H2,1H3/b22-20?,23-15-. The van der Waals surface area contributed by atoms with Crippen LogP contribution in [0.3, 0.4) is 0 Å². The number of hydrogen-bond donors (Lipinski definition) is 2. The average Bonchev–Trinajstić information content (AvgIpc) is 2.73. The van der Waals surface area contributed by atoms with Crippen molar-refractivity contribution in [3.63, 3.8) is 0 Å². The van der Waals surface area contributed by atoms with Crippen LogP contribution >= 0.6 is 0 Å². The van der Waals surface area contributed by atoms with Gasteiger partial charge in [-0.15, -0.1) is 0 Å². The number of aliphatic imine (C=N–C) groups is 1. The maximum Gasteiger partial charge on any atom is 0.219 e. The largest absolute Gasteiger partial charge is 0.497 e.